The van der Waals surface area contributed by atoms with E-state index in [1.54, 1.807) is 11.8 Å². The number of carbonyl (C=O) groups is 3. The molecule has 5 amide bonds. The van der Waals surface area contributed by atoms with Crippen molar-refractivity contribution in [2.24, 2.45) is 5.92 Å². The normalized spacial score (nSPS) is 25.1. The van der Waals surface area contributed by atoms with Crippen molar-refractivity contribution in [3.63, 3.8) is 0 Å². The third-order valence-electron chi connectivity index (χ3n) is 6.23. The van der Waals surface area contributed by atoms with E-state index in [2.05, 4.69) is 20.9 Å². The van der Waals surface area contributed by atoms with Crippen LogP contribution in [-0.2, 0) is 9.53 Å². The molecule has 4 rings (SSSR count). The van der Waals surface area contributed by atoms with Gasteiger partial charge in [0.25, 0.3) is 5.91 Å². The number of anilines is 2. The molecule has 162 valence electrons. The predicted octanol–water partition coefficient (Wildman–Crippen LogP) is 2.02. The number of para-hydroxylation sites is 1. The maximum absolute atomic E-state index is 12.9. The highest BCUT2D eigenvalue weighted by molar-refractivity contribution is 6.34. The number of morpholine rings is 1. The summed E-state index contributed by atoms with van der Waals surface area (Å²) in [5.74, 6) is -0.326. The first-order valence-corrected chi connectivity index (χ1v) is 10.6. The van der Waals surface area contributed by atoms with Crippen molar-refractivity contribution in [2.45, 2.75) is 25.3 Å². The van der Waals surface area contributed by atoms with Crippen molar-refractivity contribution < 1.29 is 19.1 Å². The lowest BCUT2D eigenvalue weighted by Crippen LogP contribution is -2.54. The molecule has 10 heteroatoms. The summed E-state index contributed by atoms with van der Waals surface area (Å²) < 4.78 is 5.42. The van der Waals surface area contributed by atoms with E-state index in [0.717, 1.165) is 5.69 Å². The van der Waals surface area contributed by atoms with E-state index in [0.29, 0.717) is 62.9 Å². The number of amides is 5. The molecule has 3 fully saturated rings. The van der Waals surface area contributed by atoms with E-state index in [1.807, 2.05) is 18.2 Å². The first-order chi connectivity index (χ1) is 14.4. The van der Waals surface area contributed by atoms with Gasteiger partial charge in [0, 0.05) is 26.2 Å². The van der Waals surface area contributed by atoms with Crippen molar-refractivity contribution in [2.75, 3.05) is 49.6 Å². The first-order valence-electron chi connectivity index (χ1n) is 10.2. The Morgan fingerprint density at radius 1 is 1.20 bits per heavy atom. The number of imide groups is 1. The van der Waals surface area contributed by atoms with Crippen LogP contribution in [-0.4, -0.2) is 67.8 Å². The fourth-order valence-corrected chi connectivity index (χ4v) is 4.72. The summed E-state index contributed by atoms with van der Waals surface area (Å²) in [5, 5.41) is 8.63. The summed E-state index contributed by atoms with van der Waals surface area (Å²) in [6.07, 6.45) is 1.26. The number of hydrogen-bond donors (Lipinski definition) is 3. The molecule has 3 N–H and O–H groups in total. The number of benzene rings is 1. The molecule has 9 nitrogen and oxygen atoms in total. The lowest BCUT2D eigenvalue weighted by Gasteiger charge is -2.38. The van der Waals surface area contributed by atoms with E-state index in [1.165, 1.54) is 0 Å². The summed E-state index contributed by atoms with van der Waals surface area (Å²) in [6, 6.07) is 4.82. The van der Waals surface area contributed by atoms with E-state index >= 15 is 0 Å². The van der Waals surface area contributed by atoms with Crippen molar-refractivity contribution in [1.29, 1.82) is 0 Å². The number of carbonyl (C=O) groups excluding carboxylic acids is 3. The third kappa shape index (κ3) is 3.91. The van der Waals surface area contributed by atoms with Crippen LogP contribution >= 0.6 is 11.6 Å². The zero-order valence-corrected chi connectivity index (χ0v) is 17.6. The van der Waals surface area contributed by atoms with Crippen molar-refractivity contribution in [3.8, 4) is 0 Å². The number of ether oxygens (including phenoxy) is 1. The van der Waals surface area contributed by atoms with Crippen LogP contribution in [0.4, 0.5) is 21.0 Å². The lowest BCUT2D eigenvalue weighted by molar-refractivity contribution is -0.125. The fraction of sp³-hybridized carbons (Fsp3) is 0.550. The van der Waals surface area contributed by atoms with Gasteiger partial charge in [-0.05, 0) is 37.8 Å². The summed E-state index contributed by atoms with van der Waals surface area (Å²) in [4.78, 5) is 40.5. The molecule has 3 saturated heterocycles. The van der Waals surface area contributed by atoms with E-state index < -0.39 is 11.6 Å². The van der Waals surface area contributed by atoms with E-state index in [-0.39, 0.29) is 17.9 Å². The molecule has 0 aromatic heterocycles. The maximum Gasteiger partial charge on any atom is 0.322 e. The molecule has 1 aromatic carbocycles. The number of nitrogens with zero attached hydrogens (tertiary/aromatic N) is 2. The zero-order valence-electron chi connectivity index (χ0n) is 16.9. The molecule has 1 aromatic rings. The number of likely N-dealkylation sites (tertiary alicyclic amines) is 1. The second kappa shape index (κ2) is 8.31. The van der Waals surface area contributed by atoms with Gasteiger partial charge in [-0.15, -0.1) is 0 Å². The number of urea groups is 2. The van der Waals surface area contributed by atoms with Gasteiger partial charge in [-0.2, -0.15) is 0 Å². The highest BCUT2D eigenvalue weighted by Gasteiger charge is 2.48. The molecule has 3 aliphatic rings. The molecule has 1 atom stereocenters. The largest absolute Gasteiger partial charge is 0.378 e. The van der Waals surface area contributed by atoms with Gasteiger partial charge in [0.1, 0.15) is 5.54 Å². The van der Waals surface area contributed by atoms with Crippen LogP contribution in [0.15, 0.2) is 18.2 Å². The average molecular weight is 436 g/mol. The molecular formula is C20H26ClN5O4. The molecule has 0 unspecified atom stereocenters. The Morgan fingerprint density at radius 2 is 1.90 bits per heavy atom. The SMILES string of the molecule is C[C@@]1(C2CCN(C(=O)Nc3cccc(Cl)c3N3CCOCC3)CC2)NC(=O)NC1=O. The fourth-order valence-electron chi connectivity index (χ4n) is 4.42. The van der Waals surface area contributed by atoms with Crippen molar-refractivity contribution in [3.05, 3.63) is 23.2 Å². The van der Waals surface area contributed by atoms with Crippen LogP contribution in [0.25, 0.3) is 0 Å². The minimum Gasteiger partial charge on any atom is -0.378 e. The molecule has 0 spiro atoms. The Balaban J connectivity index is 1.41. The van der Waals surface area contributed by atoms with Gasteiger partial charge in [0.15, 0.2) is 0 Å². The van der Waals surface area contributed by atoms with Crippen LogP contribution in [0.3, 0.4) is 0 Å². The van der Waals surface area contributed by atoms with Gasteiger partial charge in [-0.1, -0.05) is 17.7 Å². The Hall–Kier alpha value is -2.52. The zero-order chi connectivity index (χ0) is 21.3. The molecule has 3 aliphatic heterocycles. The Kier molecular flexibility index (Phi) is 5.75. The highest BCUT2D eigenvalue weighted by atomic mass is 35.5. The van der Waals surface area contributed by atoms with Gasteiger partial charge >= 0.3 is 12.1 Å². The molecular weight excluding hydrogens is 410 g/mol. The number of hydrogen-bond acceptors (Lipinski definition) is 5. The summed E-state index contributed by atoms with van der Waals surface area (Å²) in [6.45, 7) is 5.42. The second-order valence-corrected chi connectivity index (χ2v) is 8.44. The monoisotopic (exact) mass is 435 g/mol. The molecule has 30 heavy (non-hydrogen) atoms. The van der Waals surface area contributed by atoms with E-state index in [9.17, 15) is 14.4 Å². The number of rotatable bonds is 3. The lowest BCUT2D eigenvalue weighted by atomic mass is 9.79. The number of nitrogens with one attached hydrogen (secondary N) is 3. The summed E-state index contributed by atoms with van der Waals surface area (Å²) in [7, 11) is 0. The predicted molar refractivity (Wildman–Crippen MR) is 113 cm³/mol. The molecule has 3 heterocycles. The molecule has 0 radical (unpaired) electrons. The Morgan fingerprint density at radius 3 is 2.53 bits per heavy atom. The molecule has 0 bridgehead atoms. The van der Waals surface area contributed by atoms with Crippen LogP contribution < -0.4 is 20.9 Å². The smallest absolute Gasteiger partial charge is 0.322 e. The molecule has 0 aliphatic carbocycles. The van der Waals surface area contributed by atoms with Gasteiger partial charge in [-0.3, -0.25) is 10.1 Å². The first kappa shape index (κ1) is 20.7. The van der Waals surface area contributed by atoms with Gasteiger partial charge in [0.05, 0.1) is 29.6 Å². The maximum atomic E-state index is 12.9. The van der Waals surface area contributed by atoms with Gasteiger partial charge < -0.3 is 25.2 Å². The summed E-state index contributed by atoms with van der Waals surface area (Å²) in [5.41, 5.74) is 0.560. The third-order valence-corrected chi connectivity index (χ3v) is 6.53. The van der Waals surface area contributed by atoms with Crippen LogP contribution in [0, 0.1) is 5.92 Å². The number of halogens is 1. The van der Waals surface area contributed by atoms with Crippen molar-refractivity contribution in [1.82, 2.24) is 15.5 Å². The van der Waals surface area contributed by atoms with E-state index in [4.69, 9.17) is 16.3 Å². The standard InChI is InChI=1S/C20H26ClN5O4/c1-20(17(27)23-18(28)24-20)13-5-7-26(8-6-13)19(29)22-15-4-2-3-14(21)16(15)25-9-11-30-12-10-25/h2-4,13H,5-12H2,1H3,(H,22,29)(H2,23,24,27,28)/t20-/m0/s1. The van der Waals surface area contributed by atoms with Crippen LogP contribution in [0.1, 0.15) is 19.8 Å². The highest BCUT2D eigenvalue weighted by Crippen LogP contribution is 2.35. The second-order valence-electron chi connectivity index (χ2n) is 8.04. The molecule has 0 saturated carbocycles. The quantitative estimate of drug-likeness (QED) is 0.630. The minimum absolute atomic E-state index is 0.0249. The van der Waals surface area contributed by atoms with Gasteiger partial charge in [0.2, 0.25) is 0 Å². The Bertz CT molecular complexity index is 852. The average Bonchev–Trinajstić information content (AvgIpc) is 3.01. The minimum atomic E-state index is -0.921. The van der Waals surface area contributed by atoms with Crippen LogP contribution in [0.2, 0.25) is 5.02 Å². The van der Waals surface area contributed by atoms with Crippen molar-refractivity contribution >= 4 is 40.9 Å². The topological polar surface area (TPSA) is 103 Å². The number of piperidine rings is 1. The van der Waals surface area contributed by atoms with Crippen LogP contribution in [0.5, 0.6) is 0 Å². The van der Waals surface area contributed by atoms with Gasteiger partial charge in [-0.25, -0.2) is 9.59 Å². The summed E-state index contributed by atoms with van der Waals surface area (Å²) >= 11 is 6.44. The Labute approximate surface area is 180 Å².